The number of carbonyl (C=O) groups is 1. The minimum Gasteiger partial charge on any atom is -0.461 e. The van der Waals surface area contributed by atoms with Gasteiger partial charge < -0.3 is 14.6 Å². The summed E-state index contributed by atoms with van der Waals surface area (Å²) < 4.78 is 5.76. The number of nitrogens with zero attached hydrogens (tertiary/aromatic N) is 2. The Balaban J connectivity index is 1.36. The lowest BCUT2D eigenvalue weighted by Crippen LogP contribution is -2.46. The number of carbonyl (C=O) groups excluding carboxylic acids is 1. The van der Waals surface area contributed by atoms with E-state index in [9.17, 15) is 4.79 Å². The van der Waals surface area contributed by atoms with Crippen LogP contribution in [0, 0.1) is 5.92 Å². The molecule has 0 bridgehead atoms. The van der Waals surface area contributed by atoms with Gasteiger partial charge in [-0.1, -0.05) is 6.92 Å². The number of piperazine rings is 1. The predicted molar refractivity (Wildman–Crippen MR) is 91.2 cm³/mol. The van der Waals surface area contributed by atoms with Gasteiger partial charge in [0.25, 0.3) is 0 Å². The van der Waals surface area contributed by atoms with Gasteiger partial charge in [0.05, 0.1) is 0 Å². The molecular weight excluding hydrogens is 290 g/mol. The summed E-state index contributed by atoms with van der Waals surface area (Å²) in [7, 11) is 2.15. The van der Waals surface area contributed by atoms with Crippen molar-refractivity contribution in [2.24, 2.45) is 5.92 Å². The van der Waals surface area contributed by atoms with Crippen molar-refractivity contribution in [2.45, 2.75) is 19.3 Å². The predicted octanol–water partition coefficient (Wildman–Crippen LogP) is 1.78. The Morgan fingerprint density at radius 1 is 1.35 bits per heavy atom. The van der Waals surface area contributed by atoms with Gasteiger partial charge >= 0.3 is 0 Å². The van der Waals surface area contributed by atoms with Gasteiger partial charge in [-0.3, -0.25) is 9.69 Å². The summed E-state index contributed by atoms with van der Waals surface area (Å²) in [4.78, 5) is 16.6. The summed E-state index contributed by atoms with van der Waals surface area (Å²) in [5.74, 6) is 3.06. The number of likely N-dealkylation sites (N-methyl/N-ethyl adjacent to an activating group) is 1. The minimum atomic E-state index is -0.0585. The van der Waals surface area contributed by atoms with Crippen LogP contribution in [-0.2, 0) is 4.79 Å². The first kappa shape index (κ1) is 16.3. The Morgan fingerprint density at radius 2 is 2.09 bits per heavy atom. The molecular formula is C18H27N3O2. The Labute approximate surface area is 138 Å². The highest BCUT2D eigenvalue weighted by atomic mass is 16.3. The van der Waals surface area contributed by atoms with E-state index < -0.39 is 0 Å². The van der Waals surface area contributed by atoms with E-state index in [0.29, 0.717) is 12.5 Å². The molecule has 126 valence electrons. The van der Waals surface area contributed by atoms with Crippen molar-refractivity contribution < 1.29 is 9.21 Å². The van der Waals surface area contributed by atoms with Crippen LogP contribution < -0.4 is 5.32 Å². The van der Waals surface area contributed by atoms with Gasteiger partial charge in [0, 0.05) is 51.3 Å². The van der Waals surface area contributed by atoms with Gasteiger partial charge in [0.15, 0.2) is 0 Å². The van der Waals surface area contributed by atoms with Gasteiger partial charge in [0.1, 0.15) is 11.5 Å². The fraction of sp³-hybridized carbons (Fsp3) is 0.611. The fourth-order valence-corrected chi connectivity index (χ4v) is 3.00. The van der Waals surface area contributed by atoms with E-state index >= 15 is 0 Å². The molecule has 1 aliphatic heterocycles. The Hall–Kier alpha value is -1.59. The molecule has 1 amide bonds. The maximum absolute atomic E-state index is 11.8. The molecule has 2 aliphatic rings. The van der Waals surface area contributed by atoms with Crippen LogP contribution >= 0.6 is 0 Å². The highest BCUT2D eigenvalue weighted by Crippen LogP contribution is 2.47. The van der Waals surface area contributed by atoms with Crippen molar-refractivity contribution >= 4 is 12.0 Å². The van der Waals surface area contributed by atoms with Crippen LogP contribution in [0.1, 0.15) is 30.8 Å². The fourth-order valence-electron chi connectivity index (χ4n) is 3.00. The molecule has 1 saturated carbocycles. The maximum Gasteiger partial charge on any atom is 0.244 e. The van der Waals surface area contributed by atoms with Gasteiger partial charge in [-0.15, -0.1) is 0 Å². The minimum absolute atomic E-state index is 0.0585. The van der Waals surface area contributed by atoms with E-state index in [4.69, 9.17) is 4.42 Å². The lowest BCUT2D eigenvalue weighted by molar-refractivity contribution is -0.116. The highest BCUT2D eigenvalue weighted by molar-refractivity contribution is 5.91. The number of amides is 1. The van der Waals surface area contributed by atoms with Crippen LogP contribution in [-0.4, -0.2) is 62.0 Å². The lowest BCUT2D eigenvalue weighted by Gasteiger charge is -2.32. The standard InChI is InChI=1S/C18H27N3O2/c1-14-13-16(14)17-5-3-15(23-17)4-6-18(22)19-7-8-21-11-9-20(2)10-12-21/h3-6,14,16H,7-13H2,1-2H3,(H,19,22)/b6-4-/t14-,16-/m1/s1. The highest BCUT2D eigenvalue weighted by Gasteiger charge is 2.36. The summed E-state index contributed by atoms with van der Waals surface area (Å²) in [5, 5.41) is 2.94. The van der Waals surface area contributed by atoms with Crippen molar-refractivity contribution in [1.82, 2.24) is 15.1 Å². The molecule has 2 fully saturated rings. The second-order valence-electron chi connectivity index (χ2n) is 6.83. The van der Waals surface area contributed by atoms with Crippen LogP contribution in [0.25, 0.3) is 6.08 Å². The molecule has 1 aromatic rings. The molecule has 1 saturated heterocycles. The second-order valence-corrected chi connectivity index (χ2v) is 6.83. The third-order valence-electron chi connectivity index (χ3n) is 4.84. The normalized spacial score (nSPS) is 25.8. The van der Waals surface area contributed by atoms with Crippen LogP contribution in [0.15, 0.2) is 22.6 Å². The quantitative estimate of drug-likeness (QED) is 0.813. The molecule has 1 N–H and O–H groups in total. The first-order chi connectivity index (χ1) is 11.1. The van der Waals surface area contributed by atoms with Crippen molar-refractivity contribution in [3.63, 3.8) is 0 Å². The van der Waals surface area contributed by atoms with Crippen LogP contribution in [0.5, 0.6) is 0 Å². The molecule has 0 aromatic carbocycles. The van der Waals surface area contributed by atoms with E-state index in [1.165, 1.54) is 6.42 Å². The smallest absolute Gasteiger partial charge is 0.244 e. The second kappa shape index (κ2) is 7.32. The van der Waals surface area contributed by atoms with Crippen molar-refractivity contribution in [3.8, 4) is 0 Å². The molecule has 0 unspecified atom stereocenters. The first-order valence-corrected chi connectivity index (χ1v) is 8.58. The topological polar surface area (TPSA) is 48.7 Å². The number of hydrogen-bond donors (Lipinski definition) is 1. The number of hydrogen-bond acceptors (Lipinski definition) is 4. The van der Waals surface area contributed by atoms with E-state index in [1.54, 1.807) is 12.2 Å². The molecule has 23 heavy (non-hydrogen) atoms. The zero-order chi connectivity index (χ0) is 16.2. The number of rotatable bonds is 6. The molecule has 2 atom stereocenters. The van der Waals surface area contributed by atoms with Gasteiger partial charge in [-0.2, -0.15) is 0 Å². The average Bonchev–Trinajstić information content (AvgIpc) is 3.09. The van der Waals surface area contributed by atoms with E-state index in [-0.39, 0.29) is 5.91 Å². The van der Waals surface area contributed by atoms with Gasteiger partial charge in [-0.25, -0.2) is 0 Å². The summed E-state index contributed by atoms with van der Waals surface area (Å²) in [6.45, 7) is 8.21. The van der Waals surface area contributed by atoms with Crippen molar-refractivity contribution in [2.75, 3.05) is 46.3 Å². The molecule has 3 rings (SSSR count). The zero-order valence-electron chi connectivity index (χ0n) is 14.1. The monoisotopic (exact) mass is 317 g/mol. The zero-order valence-corrected chi connectivity index (χ0v) is 14.1. The van der Waals surface area contributed by atoms with Crippen LogP contribution in [0.3, 0.4) is 0 Å². The van der Waals surface area contributed by atoms with E-state index in [2.05, 4.69) is 29.1 Å². The summed E-state index contributed by atoms with van der Waals surface area (Å²) in [6.07, 6.45) is 4.52. The maximum atomic E-state index is 11.8. The molecule has 0 radical (unpaired) electrons. The Bertz CT molecular complexity index is 558. The molecule has 0 spiro atoms. The van der Waals surface area contributed by atoms with E-state index in [0.717, 1.165) is 50.2 Å². The average molecular weight is 317 g/mol. The van der Waals surface area contributed by atoms with Gasteiger partial charge in [0.2, 0.25) is 5.91 Å². The van der Waals surface area contributed by atoms with Crippen LogP contribution in [0.2, 0.25) is 0 Å². The molecule has 5 heteroatoms. The first-order valence-electron chi connectivity index (χ1n) is 8.58. The molecule has 1 aromatic heterocycles. The third-order valence-corrected chi connectivity index (χ3v) is 4.84. The number of nitrogens with one attached hydrogen (secondary N) is 1. The summed E-state index contributed by atoms with van der Waals surface area (Å²) >= 11 is 0. The molecule has 5 nitrogen and oxygen atoms in total. The van der Waals surface area contributed by atoms with Gasteiger partial charge in [-0.05, 0) is 37.6 Å². The Morgan fingerprint density at radius 3 is 2.78 bits per heavy atom. The SMILES string of the molecule is C[C@@H]1C[C@H]1c1ccc(/C=C\C(=O)NCCN2CCN(C)CC2)o1. The van der Waals surface area contributed by atoms with E-state index in [1.807, 2.05) is 12.1 Å². The Kier molecular flexibility index (Phi) is 5.18. The number of furan rings is 1. The largest absolute Gasteiger partial charge is 0.461 e. The molecule has 1 aliphatic carbocycles. The summed E-state index contributed by atoms with van der Waals surface area (Å²) in [6, 6.07) is 3.97. The van der Waals surface area contributed by atoms with Crippen LogP contribution in [0.4, 0.5) is 0 Å². The molecule has 2 heterocycles. The van der Waals surface area contributed by atoms with Crippen molar-refractivity contribution in [3.05, 3.63) is 29.7 Å². The third kappa shape index (κ3) is 4.69. The lowest BCUT2D eigenvalue weighted by atomic mass is 10.3. The summed E-state index contributed by atoms with van der Waals surface area (Å²) in [5.41, 5.74) is 0. The van der Waals surface area contributed by atoms with Crippen molar-refractivity contribution in [1.29, 1.82) is 0 Å².